The second-order valence-corrected chi connectivity index (χ2v) is 7.37. The topological polar surface area (TPSA) is 69.4 Å². The van der Waals surface area contributed by atoms with E-state index in [4.69, 9.17) is 10.5 Å². The molecule has 4 nitrogen and oxygen atoms in total. The Kier molecular flexibility index (Phi) is 4.65. The third-order valence-corrected chi connectivity index (χ3v) is 3.99. The Balaban J connectivity index is 2.15. The maximum absolute atomic E-state index is 11.3. The molecule has 0 aliphatic rings. The van der Waals surface area contributed by atoms with E-state index in [1.807, 2.05) is 37.3 Å². The van der Waals surface area contributed by atoms with Gasteiger partial charge in [-0.25, -0.2) is 8.42 Å². The summed E-state index contributed by atoms with van der Waals surface area (Å²) in [5.41, 5.74) is 7.83. The molecular weight excluding hydrogens is 286 g/mol. The predicted molar refractivity (Wildman–Crippen MR) is 84.3 cm³/mol. The summed E-state index contributed by atoms with van der Waals surface area (Å²) in [6.07, 6.45) is 1.18. The smallest absolute Gasteiger partial charge is 0.149 e. The van der Waals surface area contributed by atoms with Crippen LogP contribution in [0.4, 0.5) is 0 Å². The molecule has 0 aromatic heterocycles. The summed E-state index contributed by atoms with van der Waals surface area (Å²) in [6.45, 7) is 2.01. The summed E-state index contributed by atoms with van der Waals surface area (Å²) in [6, 6.07) is 14.4. The second-order valence-electron chi connectivity index (χ2n) is 5.19. The first-order valence-electron chi connectivity index (χ1n) is 6.61. The SMILES string of the molecule is Cc1ccc(Oc2cccc([C@@H](N)CS(C)(=O)=O)c2)cc1. The van der Waals surface area contributed by atoms with Crippen LogP contribution in [0.1, 0.15) is 17.2 Å². The van der Waals surface area contributed by atoms with Gasteiger partial charge in [-0.3, -0.25) is 0 Å². The van der Waals surface area contributed by atoms with E-state index in [0.29, 0.717) is 5.75 Å². The van der Waals surface area contributed by atoms with E-state index in [-0.39, 0.29) is 5.75 Å². The fourth-order valence-electron chi connectivity index (χ4n) is 1.97. The quantitative estimate of drug-likeness (QED) is 0.922. The third-order valence-electron chi connectivity index (χ3n) is 3.03. The highest BCUT2D eigenvalue weighted by molar-refractivity contribution is 7.90. The number of hydrogen-bond donors (Lipinski definition) is 1. The number of aryl methyl sites for hydroxylation is 1. The molecule has 0 spiro atoms. The largest absolute Gasteiger partial charge is 0.457 e. The molecule has 5 heteroatoms. The maximum Gasteiger partial charge on any atom is 0.149 e. The van der Waals surface area contributed by atoms with Gasteiger partial charge in [0.15, 0.2) is 0 Å². The molecule has 0 bridgehead atoms. The van der Waals surface area contributed by atoms with Crippen molar-refractivity contribution in [3.63, 3.8) is 0 Å². The third kappa shape index (κ3) is 4.88. The first-order valence-corrected chi connectivity index (χ1v) is 8.67. The van der Waals surface area contributed by atoms with Crippen LogP contribution >= 0.6 is 0 Å². The van der Waals surface area contributed by atoms with Crippen LogP contribution in [0.25, 0.3) is 0 Å². The number of benzene rings is 2. The van der Waals surface area contributed by atoms with E-state index in [9.17, 15) is 8.42 Å². The fraction of sp³-hybridized carbons (Fsp3) is 0.250. The average molecular weight is 305 g/mol. The van der Waals surface area contributed by atoms with E-state index in [0.717, 1.165) is 16.9 Å². The Bertz CT molecular complexity index is 709. The van der Waals surface area contributed by atoms with Gasteiger partial charge in [0.05, 0.1) is 5.75 Å². The highest BCUT2D eigenvalue weighted by atomic mass is 32.2. The summed E-state index contributed by atoms with van der Waals surface area (Å²) in [5, 5.41) is 0. The van der Waals surface area contributed by atoms with Gasteiger partial charge in [0.2, 0.25) is 0 Å². The van der Waals surface area contributed by atoms with Crippen molar-refractivity contribution < 1.29 is 13.2 Å². The Morgan fingerprint density at radius 1 is 1.10 bits per heavy atom. The molecule has 1 atom stereocenters. The van der Waals surface area contributed by atoms with Crippen molar-refractivity contribution in [2.45, 2.75) is 13.0 Å². The molecule has 0 aliphatic carbocycles. The van der Waals surface area contributed by atoms with Gasteiger partial charge in [-0.15, -0.1) is 0 Å². The molecule has 0 saturated heterocycles. The molecule has 0 amide bonds. The van der Waals surface area contributed by atoms with Gasteiger partial charge in [0.25, 0.3) is 0 Å². The number of rotatable bonds is 5. The second kappa shape index (κ2) is 6.28. The number of ether oxygens (including phenoxy) is 1. The number of sulfone groups is 1. The number of hydrogen-bond acceptors (Lipinski definition) is 4. The van der Waals surface area contributed by atoms with Crippen molar-refractivity contribution in [3.8, 4) is 11.5 Å². The molecule has 0 unspecified atom stereocenters. The molecule has 2 aromatic rings. The van der Waals surface area contributed by atoms with Crippen LogP contribution < -0.4 is 10.5 Å². The van der Waals surface area contributed by atoms with Crippen LogP contribution in [0, 0.1) is 6.92 Å². The molecule has 2 aromatic carbocycles. The molecule has 0 aliphatic heterocycles. The van der Waals surface area contributed by atoms with Crippen LogP contribution in [-0.4, -0.2) is 20.4 Å². The molecule has 0 saturated carbocycles. The Hall–Kier alpha value is -1.85. The lowest BCUT2D eigenvalue weighted by atomic mass is 10.1. The first-order chi connectivity index (χ1) is 9.83. The molecule has 2 N–H and O–H groups in total. The molecule has 2 rings (SSSR count). The Morgan fingerprint density at radius 3 is 2.38 bits per heavy atom. The zero-order valence-corrected chi connectivity index (χ0v) is 12.9. The van der Waals surface area contributed by atoms with Gasteiger partial charge in [-0.1, -0.05) is 29.8 Å². The van der Waals surface area contributed by atoms with Crippen molar-refractivity contribution >= 4 is 9.84 Å². The zero-order chi connectivity index (χ0) is 15.5. The molecule has 112 valence electrons. The predicted octanol–water partition coefficient (Wildman–Crippen LogP) is 2.83. The average Bonchev–Trinajstić information content (AvgIpc) is 2.40. The lowest BCUT2D eigenvalue weighted by Crippen LogP contribution is -2.20. The molecule has 0 heterocycles. The van der Waals surface area contributed by atoms with E-state index >= 15 is 0 Å². The summed E-state index contributed by atoms with van der Waals surface area (Å²) < 4.78 is 28.4. The zero-order valence-electron chi connectivity index (χ0n) is 12.1. The van der Waals surface area contributed by atoms with Crippen molar-refractivity contribution in [2.24, 2.45) is 5.73 Å². The molecule has 0 radical (unpaired) electrons. The van der Waals surface area contributed by atoms with Gasteiger partial charge in [-0.05, 0) is 36.8 Å². The molecule has 21 heavy (non-hydrogen) atoms. The minimum Gasteiger partial charge on any atom is -0.457 e. The summed E-state index contributed by atoms with van der Waals surface area (Å²) in [5.74, 6) is 1.29. The summed E-state index contributed by atoms with van der Waals surface area (Å²) in [7, 11) is -3.11. The summed E-state index contributed by atoms with van der Waals surface area (Å²) in [4.78, 5) is 0. The van der Waals surface area contributed by atoms with Crippen LogP contribution in [0.2, 0.25) is 0 Å². The van der Waals surface area contributed by atoms with Crippen LogP contribution in [0.15, 0.2) is 48.5 Å². The maximum atomic E-state index is 11.3. The fourth-order valence-corrected chi connectivity index (χ4v) is 2.82. The minimum absolute atomic E-state index is 0.0824. The first kappa shape index (κ1) is 15.5. The van der Waals surface area contributed by atoms with Gasteiger partial charge in [0, 0.05) is 12.3 Å². The van der Waals surface area contributed by atoms with Gasteiger partial charge in [0.1, 0.15) is 21.3 Å². The van der Waals surface area contributed by atoms with E-state index in [1.165, 1.54) is 6.26 Å². The monoisotopic (exact) mass is 305 g/mol. The summed E-state index contributed by atoms with van der Waals surface area (Å²) >= 11 is 0. The van der Waals surface area contributed by atoms with Crippen molar-refractivity contribution in [1.29, 1.82) is 0 Å². The highest BCUT2D eigenvalue weighted by Gasteiger charge is 2.13. The van der Waals surface area contributed by atoms with Crippen LogP contribution in [0.5, 0.6) is 11.5 Å². The lowest BCUT2D eigenvalue weighted by Gasteiger charge is -2.13. The van der Waals surface area contributed by atoms with E-state index in [2.05, 4.69) is 0 Å². The standard InChI is InChI=1S/C16H19NO3S/c1-12-6-8-14(9-7-12)20-15-5-3-4-13(10-15)16(17)11-21(2,18)19/h3-10,16H,11,17H2,1-2H3/t16-/m0/s1. The molecular formula is C16H19NO3S. The Morgan fingerprint density at radius 2 is 1.76 bits per heavy atom. The molecule has 0 fully saturated rings. The van der Waals surface area contributed by atoms with Crippen LogP contribution in [-0.2, 0) is 9.84 Å². The van der Waals surface area contributed by atoms with Crippen LogP contribution in [0.3, 0.4) is 0 Å². The number of nitrogens with two attached hydrogens (primary N) is 1. The highest BCUT2D eigenvalue weighted by Crippen LogP contribution is 2.24. The Labute approximate surface area is 125 Å². The van der Waals surface area contributed by atoms with E-state index < -0.39 is 15.9 Å². The van der Waals surface area contributed by atoms with Crippen molar-refractivity contribution in [2.75, 3.05) is 12.0 Å². The minimum atomic E-state index is -3.11. The van der Waals surface area contributed by atoms with E-state index in [1.54, 1.807) is 18.2 Å². The van der Waals surface area contributed by atoms with Crippen molar-refractivity contribution in [1.82, 2.24) is 0 Å². The lowest BCUT2D eigenvalue weighted by molar-refractivity contribution is 0.481. The van der Waals surface area contributed by atoms with Gasteiger partial charge >= 0.3 is 0 Å². The van der Waals surface area contributed by atoms with Crippen molar-refractivity contribution in [3.05, 3.63) is 59.7 Å². The van der Waals surface area contributed by atoms with Gasteiger partial charge in [-0.2, -0.15) is 0 Å². The van der Waals surface area contributed by atoms with Gasteiger partial charge < -0.3 is 10.5 Å². The normalized spacial score (nSPS) is 12.9.